The van der Waals surface area contributed by atoms with Crippen LogP contribution in [0.2, 0.25) is 5.02 Å². The molecule has 0 saturated heterocycles. The Morgan fingerprint density at radius 3 is 3.07 bits per heavy atom. The molecular formula is C10H11ClN4. The normalized spacial score (nSPS) is 10.3. The molecule has 0 aliphatic carbocycles. The third kappa shape index (κ3) is 2.47. The highest BCUT2D eigenvalue weighted by atomic mass is 35.5. The van der Waals surface area contributed by atoms with Crippen LogP contribution in [0.1, 0.15) is 5.69 Å². The number of rotatable bonds is 3. The second kappa shape index (κ2) is 4.31. The summed E-state index contributed by atoms with van der Waals surface area (Å²) in [5.74, 6) is 0. The summed E-state index contributed by atoms with van der Waals surface area (Å²) in [7, 11) is 1.88. The summed E-state index contributed by atoms with van der Waals surface area (Å²) in [4.78, 5) is 4.25. The Hall–Kier alpha value is -1.55. The molecule has 0 saturated carbocycles. The number of nitrogens with one attached hydrogen (secondary N) is 1. The molecule has 0 fully saturated rings. The van der Waals surface area contributed by atoms with Gasteiger partial charge in [-0.15, -0.1) is 0 Å². The maximum Gasteiger partial charge on any atom is 0.0832 e. The molecule has 0 aliphatic rings. The first-order valence-corrected chi connectivity index (χ1v) is 4.96. The van der Waals surface area contributed by atoms with Crippen molar-refractivity contribution >= 4 is 17.3 Å². The van der Waals surface area contributed by atoms with Crippen molar-refractivity contribution in [3.8, 4) is 0 Å². The van der Waals surface area contributed by atoms with Gasteiger partial charge in [0.15, 0.2) is 0 Å². The molecule has 0 amide bonds. The minimum absolute atomic E-state index is 0.627. The van der Waals surface area contributed by atoms with Gasteiger partial charge in [0.2, 0.25) is 0 Å². The summed E-state index contributed by atoms with van der Waals surface area (Å²) in [5.41, 5.74) is 1.99. The van der Waals surface area contributed by atoms with Gasteiger partial charge in [-0.25, -0.2) is 0 Å². The Bertz CT molecular complexity index is 452. The Morgan fingerprint density at radius 2 is 2.40 bits per heavy atom. The zero-order chi connectivity index (χ0) is 10.7. The number of nitrogens with zero attached hydrogens (tertiary/aromatic N) is 3. The van der Waals surface area contributed by atoms with Crippen molar-refractivity contribution < 1.29 is 0 Å². The molecule has 15 heavy (non-hydrogen) atoms. The molecule has 2 rings (SSSR count). The van der Waals surface area contributed by atoms with Crippen LogP contribution in [0.4, 0.5) is 5.69 Å². The molecule has 0 aliphatic heterocycles. The molecule has 4 nitrogen and oxygen atoms in total. The van der Waals surface area contributed by atoms with E-state index < -0.39 is 0 Å². The van der Waals surface area contributed by atoms with E-state index in [-0.39, 0.29) is 0 Å². The molecule has 0 atom stereocenters. The third-order valence-corrected chi connectivity index (χ3v) is 2.23. The predicted octanol–water partition coefficient (Wildman–Crippen LogP) is 2.02. The first-order chi connectivity index (χ1) is 7.28. The summed E-state index contributed by atoms with van der Waals surface area (Å²) in [6.45, 7) is 0.627. The Morgan fingerprint density at radius 1 is 1.53 bits per heavy atom. The van der Waals surface area contributed by atoms with Crippen LogP contribution < -0.4 is 5.32 Å². The van der Waals surface area contributed by atoms with E-state index in [1.165, 1.54) is 0 Å². The number of pyridine rings is 1. The smallest absolute Gasteiger partial charge is 0.0832 e. The monoisotopic (exact) mass is 222 g/mol. The number of hydrogen-bond donors (Lipinski definition) is 1. The van der Waals surface area contributed by atoms with Crippen LogP contribution in [0.3, 0.4) is 0 Å². The van der Waals surface area contributed by atoms with Crippen molar-refractivity contribution in [3.05, 3.63) is 41.4 Å². The van der Waals surface area contributed by atoms with Crippen molar-refractivity contribution in [3.63, 3.8) is 0 Å². The van der Waals surface area contributed by atoms with Crippen LogP contribution in [0.15, 0.2) is 30.7 Å². The van der Waals surface area contributed by atoms with E-state index in [9.17, 15) is 0 Å². The summed E-state index contributed by atoms with van der Waals surface area (Å²) in [6, 6.07) is 3.90. The van der Waals surface area contributed by atoms with Crippen LogP contribution in [0.5, 0.6) is 0 Å². The lowest BCUT2D eigenvalue weighted by molar-refractivity contribution is 0.673. The fraction of sp³-hybridized carbons (Fsp3) is 0.200. The molecule has 2 aromatic rings. The SMILES string of the molecule is CNc1ccnc(Cn2cc(Cl)cn2)c1. The largest absolute Gasteiger partial charge is 0.388 e. The van der Waals surface area contributed by atoms with Crippen molar-refractivity contribution in [2.75, 3.05) is 12.4 Å². The molecule has 0 spiro atoms. The highest BCUT2D eigenvalue weighted by molar-refractivity contribution is 6.30. The Kier molecular flexibility index (Phi) is 2.87. The van der Waals surface area contributed by atoms with E-state index in [1.54, 1.807) is 23.3 Å². The van der Waals surface area contributed by atoms with Gasteiger partial charge in [0.1, 0.15) is 0 Å². The first-order valence-electron chi connectivity index (χ1n) is 4.58. The third-order valence-electron chi connectivity index (χ3n) is 2.03. The average Bonchev–Trinajstić information content (AvgIpc) is 2.64. The lowest BCUT2D eigenvalue weighted by Crippen LogP contribution is -2.02. The molecule has 0 radical (unpaired) electrons. The van der Waals surface area contributed by atoms with Gasteiger partial charge in [-0.2, -0.15) is 5.10 Å². The lowest BCUT2D eigenvalue weighted by Gasteiger charge is -2.03. The van der Waals surface area contributed by atoms with Gasteiger partial charge in [-0.3, -0.25) is 9.67 Å². The molecule has 2 aromatic heterocycles. The Balaban J connectivity index is 2.16. The molecular weight excluding hydrogens is 212 g/mol. The summed E-state index contributed by atoms with van der Waals surface area (Å²) >= 11 is 5.77. The van der Waals surface area contributed by atoms with Gasteiger partial charge >= 0.3 is 0 Å². The fourth-order valence-corrected chi connectivity index (χ4v) is 1.47. The number of anilines is 1. The first kappa shape index (κ1) is 9.98. The average molecular weight is 223 g/mol. The second-order valence-electron chi connectivity index (χ2n) is 3.14. The summed E-state index contributed by atoms with van der Waals surface area (Å²) in [6.07, 6.45) is 5.16. The predicted molar refractivity (Wildman–Crippen MR) is 60.1 cm³/mol. The second-order valence-corrected chi connectivity index (χ2v) is 3.58. The van der Waals surface area contributed by atoms with Gasteiger partial charge in [-0.1, -0.05) is 11.6 Å². The highest BCUT2D eigenvalue weighted by Crippen LogP contribution is 2.10. The van der Waals surface area contributed by atoms with Gasteiger partial charge in [-0.05, 0) is 12.1 Å². The number of aromatic nitrogens is 3. The van der Waals surface area contributed by atoms with Gasteiger partial charge < -0.3 is 5.32 Å². The molecule has 0 aromatic carbocycles. The van der Waals surface area contributed by atoms with Crippen LogP contribution >= 0.6 is 11.6 Å². The van der Waals surface area contributed by atoms with E-state index in [1.807, 2.05) is 19.2 Å². The van der Waals surface area contributed by atoms with Crippen LogP contribution in [-0.2, 0) is 6.54 Å². The van der Waals surface area contributed by atoms with E-state index in [4.69, 9.17) is 11.6 Å². The minimum atomic E-state index is 0.627. The zero-order valence-corrected chi connectivity index (χ0v) is 9.07. The highest BCUT2D eigenvalue weighted by Gasteiger charge is 1.99. The van der Waals surface area contributed by atoms with Gasteiger partial charge in [0.05, 0.1) is 23.5 Å². The molecule has 78 valence electrons. The molecule has 5 heteroatoms. The fourth-order valence-electron chi connectivity index (χ4n) is 1.31. The van der Waals surface area contributed by atoms with E-state index >= 15 is 0 Å². The van der Waals surface area contributed by atoms with Gasteiger partial charge in [0.25, 0.3) is 0 Å². The van der Waals surface area contributed by atoms with Crippen molar-refractivity contribution in [2.45, 2.75) is 6.54 Å². The van der Waals surface area contributed by atoms with Crippen LogP contribution in [-0.4, -0.2) is 21.8 Å². The van der Waals surface area contributed by atoms with Crippen molar-refractivity contribution in [1.29, 1.82) is 0 Å². The topological polar surface area (TPSA) is 42.7 Å². The molecule has 0 bridgehead atoms. The maximum absolute atomic E-state index is 5.77. The number of hydrogen-bond acceptors (Lipinski definition) is 3. The molecule has 0 unspecified atom stereocenters. The van der Waals surface area contributed by atoms with Crippen molar-refractivity contribution in [2.24, 2.45) is 0 Å². The number of halogens is 1. The molecule has 1 N–H and O–H groups in total. The van der Waals surface area contributed by atoms with Crippen LogP contribution in [0, 0.1) is 0 Å². The van der Waals surface area contributed by atoms with E-state index in [0.717, 1.165) is 11.4 Å². The quantitative estimate of drug-likeness (QED) is 0.864. The zero-order valence-electron chi connectivity index (χ0n) is 8.31. The summed E-state index contributed by atoms with van der Waals surface area (Å²) < 4.78 is 1.75. The van der Waals surface area contributed by atoms with Gasteiger partial charge in [0, 0.05) is 25.1 Å². The van der Waals surface area contributed by atoms with E-state index in [0.29, 0.717) is 11.6 Å². The minimum Gasteiger partial charge on any atom is -0.388 e. The lowest BCUT2D eigenvalue weighted by atomic mass is 10.3. The van der Waals surface area contributed by atoms with Crippen molar-refractivity contribution in [1.82, 2.24) is 14.8 Å². The van der Waals surface area contributed by atoms with E-state index in [2.05, 4.69) is 15.4 Å². The Labute approximate surface area is 92.9 Å². The standard InChI is InChI=1S/C10H11ClN4/c1-12-9-2-3-13-10(4-9)7-15-6-8(11)5-14-15/h2-6H,7H2,1H3,(H,12,13). The summed E-state index contributed by atoms with van der Waals surface area (Å²) in [5, 5.41) is 7.79. The molecule has 2 heterocycles. The van der Waals surface area contributed by atoms with Crippen LogP contribution in [0.25, 0.3) is 0 Å². The maximum atomic E-state index is 5.77.